The summed E-state index contributed by atoms with van der Waals surface area (Å²) in [5, 5.41) is 31.3. The number of aromatic carboxylic acids is 3. The highest BCUT2D eigenvalue weighted by Crippen LogP contribution is 2.35. The molecular weight excluding hydrogens is 792 g/mol. The van der Waals surface area contributed by atoms with Crippen LogP contribution in [0.3, 0.4) is 0 Å². The molecule has 0 bridgehead atoms. The molecule has 0 heterocycles. The van der Waals surface area contributed by atoms with E-state index in [1.54, 1.807) is 0 Å². The minimum Gasteiger partial charge on any atom is -0.478 e. The van der Waals surface area contributed by atoms with Gasteiger partial charge in [0, 0.05) is 30.5 Å². The van der Waals surface area contributed by atoms with Gasteiger partial charge in [0.05, 0.1) is 16.7 Å². The summed E-state index contributed by atoms with van der Waals surface area (Å²) >= 11 is 20.2. The normalized spacial score (nSPS) is 14.2. The van der Waals surface area contributed by atoms with Gasteiger partial charge < -0.3 is 15.3 Å². The van der Waals surface area contributed by atoms with Crippen LogP contribution in [-0.4, -0.2) is 63.7 Å². The van der Waals surface area contributed by atoms with Gasteiger partial charge in [0.1, 0.15) is 0 Å². The Labute approximate surface area is 224 Å². The van der Waals surface area contributed by atoms with Gasteiger partial charge in [0.15, 0.2) is 0 Å². The zero-order valence-electron chi connectivity index (χ0n) is 15.3. The number of carboxylic acids is 3. The average Bonchev–Trinajstić information content (AvgIpc) is 2.67. The minimum atomic E-state index is -1.46. The molecule has 0 amide bonds. The summed E-state index contributed by atoms with van der Waals surface area (Å²) in [7, 11) is 0. The molecule has 0 aromatic heterocycles. The zero-order valence-corrected chi connectivity index (χ0v) is 24.8. The first-order chi connectivity index (χ1) is 14.0. The molecule has 1 aromatic carbocycles. The van der Waals surface area contributed by atoms with Crippen molar-refractivity contribution in [2.75, 3.05) is 16.0 Å². The van der Waals surface area contributed by atoms with Gasteiger partial charge in [-0.05, 0) is 36.0 Å². The molecule has 30 heavy (non-hydrogen) atoms. The van der Waals surface area contributed by atoms with E-state index in [4.69, 9.17) is 0 Å². The van der Waals surface area contributed by atoms with Crippen molar-refractivity contribution in [2.45, 2.75) is 33.7 Å². The van der Waals surface area contributed by atoms with Gasteiger partial charge in [-0.25, -0.2) is 14.4 Å². The van der Waals surface area contributed by atoms with E-state index >= 15 is 0 Å². The number of halogens is 6. The number of hydrogen-bond donors (Lipinski definition) is 3. The van der Waals surface area contributed by atoms with Gasteiger partial charge in [0.25, 0.3) is 0 Å². The highest BCUT2D eigenvalue weighted by atomic mass is 79.9. The van der Waals surface area contributed by atoms with Gasteiger partial charge in [-0.15, -0.1) is 0 Å². The predicted molar refractivity (Wildman–Crippen MR) is 138 cm³/mol. The third kappa shape index (κ3) is 7.26. The summed E-state index contributed by atoms with van der Waals surface area (Å²) < 4.78 is 0. The van der Waals surface area contributed by atoms with Crippen LogP contribution in [-0.2, 0) is 19.3 Å². The lowest BCUT2D eigenvalue weighted by atomic mass is 9.81. The molecule has 0 aliphatic carbocycles. The molecule has 0 aliphatic heterocycles. The molecule has 3 N–H and O–H groups in total. The Morgan fingerprint density at radius 2 is 0.833 bits per heavy atom. The number of hydrogen-bond acceptors (Lipinski definition) is 3. The van der Waals surface area contributed by atoms with E-state index in [0.29, 0.717) is 21.6 Å². The standard InChI is InChI=1S/C18H18Br6O6/c19-4-7(22)1-10-11(2-8(23)5-20)14(17(27)28)15(18(29)30)12(3-9(24)6-21)13(10)16(25)26/h7-9H,1-6H2,(H,25,26)(H,27,28)(H,29,30). The lowest BCUT2D eigenvalue weighted by molar-refractivity contribution is 0.0646. The predicted octanol–water partition coefficient (Wildman–Crippen LogP) is 5.88. The van der Waals surface area contributed by atoms with Crippen molar-refractivity contribution in [2.24, 2.45) is 0 Å². The minimum absolute atomic E-state index is 0.00621. The van der Waals surface area contributed by atoms with Crippen molar-refractivity contribution < 1.29 is 29.7 Å². The molecule has 3 unspecified atom stereocenters. The van der Waals surface area contributed by atoms with Crippen LogP contribution in [0.5, 0.6) is 0 Å². The fourth-order valence-corrected chi connectivity index (χ4v) is 4.78. The Morgan fingerprint density at radius 3 is 1.13 bits per heavy atom. The summed E-state index contributed by atoms with van der Waals surface area (Å²) in [5.74, 6) is -4.15. The summed E-state index contributed by atoms with van der Waals surface area (Å²) in [4.78, 5) is 36.1. The van der Waals surface area contributed by atoms with Crippen molar-refractivity contribution in [3.63, 3.8) is 0 Å². The molecular formula is C18H18Br6O6. The second kappa shape index (κ2) is 13.3. The third-order valence-corrected chi connectivity index (χ3v) is 11.1. The summed E-state index contributed by atoms with van der Waals surface area (Å²) in [6, 6.07) is 0. The summed E-state index contributed by atoms with van der Waals surface area (Å²) in [6.45, 7) is 0. The van der Waals surface area contributed by atoms with Crippen LogP contribution in [0.15, 0.2) is 0 Å². The number of alkyl halides is 6. The Bertz CT molecular complexity index is 815. The SMILES string of the molecule is O=C(O)c1c(CC(Br)CBr)c(CC(Br)CBr)c(C(=O)O)c(C(=O)O)c1CC(Br)CBr. The van der Waals surface area contributed by atoms with Crippen LogP contribution in [0.1, 0.15) is 47.8 Å². The van der Waals surface area contributed by atoms with Gasteiger partial charge >= 0.3 is 17.9 Å². The monoisotopic (exact) mass is 804 g/mol. The quantitative estimate of drug-likeness (QED) is 0.228. The maximum Gasteiger partial charge on any atom is 0.336 e. The second-order valence-corrected chi connectivity index (χ2v) is 12.2. The van der Waals surface area contributed by atoms with Crippen LogP contribution < -0.4 is 0 Å². The maximum absolute atomic E-state index is 12.3. The molecule has 12 heteroatoms. The average molecular weight is 810 g/mol. The smallest absolute Gasteiger partial charge is 0.336 e. The van der Waals surface area contributed by atoms with Crippen LogP contribution in [0.25, 0.3) is 0 Å². The van der Waals surface area contributed by atoms with Gasteiger partial charge in [-0.2, -0.15) is 0 Å². The van der Waals surface area contributed by atoms with E-state index in [1.807, 2.05) is 0 Å². The highest BCUT2D eigenvalue weighted by molar-refractivity contribution is 9.12. The van der Waals surface area contributed by atoms with E-state index in [0.717, 1.165) is 0 Å². The third-order valence-electron chi connectivity index (χ3n) is 4.24. The Kier molecular flexibility index (Phi) is 12.6. The zero-order chi connectivity index (χ0) is 23.2. The molecule has 168 valence electrons. The van der Waals surface area contributed by atoms with Crippen molar-refractivity contribution in [3.8, 4) is 0 Å². The number of carboxylic acid groups (broad SMARTS) is 3. The fourth-order valence-electron chi connectivity index (χ4n) is 3.12. The highest BCUT2D eigenvalue weighted by Gasteiger charge is 2.34. The molecule has 6 nitrogen and oxygen atoms in total. The number of benzene rings is 1. The molecule has 0 radical (unpaired) electrons. The van der Waals surface area contributed by atoms with Crippen molar-refractivity contribution in [1.82, 2.24) is 0 Å². The van der Waals surface area contributed by atoms with E-state index in [9.17, 15) is 29.7 Å². The molecule has 0 spiro atoms. The van der Waals surface area contributed by atoms with Crippen LogP contribution in [0, 0.1) is 0 Å². The van der Waals surface area contributed by atoms with Crippen molar-refractivity contribution in [1.29, 1.82) is 0 Å². The van der Waals surface area contributed by atoms with E-state index in [1.165, 1.54) is 0 Å². The Balaban J connectivity index is 4.16. The molecule has 0 saturated heterocycles. The molecule has 1 rings (SSSR count). The van der Waals surface area contributed by atoms with E-state index in [2.05, 4.69) is 95.6 Å². The van der Waals surface area contributed by atoms with Crippen LogP contribution >= 0.6 is 95.6 Å². The number of carbonyl (C=O) groups is 3. The molecule has 3 atom stereocenters. The lowest BCUT2D eigenvalue weighted by Gasteiger charge is -2.25. The second-order valence-electron chi connectivity index (χ2n) is 6.34. The first-order valence-electron chi connectivity index (χ1n) is 8.50. The first kappa shape index (κ1) is 28.5. The van der Waals surface area contributed by atoms with E-state index < -0.39 is 23.5 Å². The Morgan fingerprint density at radius 1 is 0.567 bits per heavy atom. The summed E-state index contributed by atoms with van der Waals surface area (Å²) in [6.07, 6.45) is 0.416. The lowest BCUT2D eigenvalue weighted by Crippen LogP contribution is -2.26. The fraction of sp³-hybridized carbons (Fsp3) is 0.500. The topological polar surface area (TPSA) is 112 Å². The number of rotatable bonds is 12. The largest absolute Gasteiger partial charge is 0.478 e. The first-order valence-corrected chi connectivity index (χ1v) is 14.6. The molecule has 0 saturated carbocycles. The van der Waals surface area contributed by atoms with Crippen LogP contribution in [0.2, 0.25) is 0 Å². The van der Waals surface area contributed by atoms with Gasteiger partial charge in [0.2, 0.25) is 0 Å². The Hall–Kier alpha value is 0.510. The van der Waals surface area contributed by atoms with Crippen molar-refractivity contribution >= 4 is 113 Å². The van der Waals surface area contributed by atoms with Crippen LogP contribution in [0.4, 0.5) is 0 Å². The molecule has 1 aromatic rings. The molecule has 0 fully saturated rings. The van der Waals surface area contributed by atoms with Gasteiger partial charge in [-0.1, -0.05) is 95.6 Å². The molecule has 0 aliphatic rings. The van der Waals surface area contributed by atoms with Gasteiger partial charge in [-0.3, -0.25) is 0 Å². The maximum atomic E-state index is 12.3. The van der Waals surface area contributed by atoms with E-state index in [-0.39, 0.29) is 56.0 Å². The summed E-state index contributed by atoms with van der Waals surface area (Å²) in [5.41, 5.74) is -0.405. The van der Waals surface area contributed by atoms with Crippen molar-refractivity contribution in [3.05, 3.63) is 33.4 Å².